The molecule has 1 aliphatic heterocycles. The van der Waals surface area contributed by atoms with Crippen LogP contribution in [0.15, 0.2) is 24.3 Å². The van der Waals surface area contributed by atoms with Crippen LogP contribution in [0.25, 0.3) is 0 Å². The van der Waals surface area contributed by atoms with Gasteiger partial charge in [-0.15, -0.1) is 0 Å². The lowest BCUT2D eigenvalue weighted by atomic mass is 10.0. The number of benzene rings is 1. The maximum Gasteiger partial charge on any atom is 0.238 e. The molecule has 1 atom stereocenters. The summed E-state index contributed by atoms with van der Waals surface area (Å²) in [5, 5.41) is 2.85. The van der Waals surface area contributed by atoms with Crippen molar-refractivity contribution in [1.29, 1.82) is 0 Å². The zero-order valence-electron chi connectivity index (χ0n) is 13.4. The number of nitrogens with one attached hydrogen (secondary N) is 1. The summed E-state index contributed by atoms with van der Waals surface area (Å²) in [5.74, 6) is 0.712. The highest BCUT2D eigenvalue weighted by Gasteiger charge is 2.31. The Morgan fingerprint density at radius 3 is 2.45 bits per heavy atom. The van der Waals surface area contributed by atoms with E-state index in [2.05, 4.69) is 19.2 Å². The summed E-state index contributed by atoms with van der Waals surface area (Å²) in [5.41, 5.74) is 1.99. The van der Waals surface area contributed by atoms with Crippen molar-refractivity contribution in [3.05, 3.63) is 29.8 Å². The SMILES string of the molecule is CC(C)c1ccc(NC(=O)CN(C)C2CCS(=O)(=O)C2)cc1. The number of rotatable bonds is 5. The van der Waals surface area contributed by atoms with Crippen molar-refractivity contribution in [3.8, 4) is 0 Å². The standard InChI is InChI=1S/C16H24N2O3S/c1-12(2)13-4-6-14(7-5-13)17-16(19)10-18(3)15-8-9-22(20,21)11-15/h4-7,12,15H,8-11H2,1-3H3,(H,17,19). The topological polar surface area (TPSA) is 66.5 Å². The summed E-state index contributed by atoms with van der Waals surface area (Å²) < 4.78 is 23.0. The Labute approximate surface area is 132 Å². The van der Waals surface area contributed by atoms with Gasteiger partial charge < -0.3 is 5.32 Å². The van der Waals surface area contributed by atoms with Gasteiger partial charge in [0.05, 0.1) is 18.1 Å². The van der Waals surface area contributed by atoms with Gasteiger partial charge in [0.1, 0.15) is 0 Å². The fraction of sp³-hybridized carbons (Fsp3) is 0.562. The number of carbonyl (C=O) groups excluding carboxylic acids is 1. The zero-order chi connectivity index (χ0) is 16.3. The molecule has 0 aromatic heterocycles. The average Bonchev–Trinajstić information content (AvgIpc) is 2.79. The van der Waals surface area contributed by atoms with Crippen molar-refractivity contribution in [1.82, 2.24) is 4.90 Å². The lowest BCUT2D eigenvalue weighted by Gasteiger charge is -2.22. The van der Waals surface area contributed by atoms with E-state index in [9.17, 15) is 13.2 Å². The Morgan fingerprint density at radius 2 is 1.95 bits per heavy atom. The molecular weight excluding hydrogens is 300 g/mol. The van der Waals surface area contributed by atoms with Crippen LogP contribution in [-0.4, -0.2) is 50.4 Å². The second-order valence-corrected chi connectivity index (χ2v) is 8.53. The van der Waals surface area contributed by atoms with Crippen molar-refractivity contribution >= 4 is 21.4 Å². The normalized spacial score (nSPS) is 20.5. The second-order valence-electron chi connectivity index (χ2n) is 6.30. The molecule has 1 amide bonds. The number of anilines is 1. The minimum Gasteiger partial charge on any atom is -0.325 e. The van der Waals surface area contributed by atoms with Crippen LogP contribution >= 0.6 is 0 Å². The first-order chi connectivity index (χ1) is 10.3. The first kappa shape index (κ1) is 17.0. The average molecular weight is 324 g/mol. The van der Waals surface area contributed by atoms with E-state index in [1.54, 1.807) is 7.05 Å². The molecule has 1 heterocycles. The highest BCUT2D eigenvalue weighted by molar-refractivity contribution is 7.91. The van der Waals surface area contributed by atoms with E-state index in [0.29, 0.717) is 12.3 Å². The largest absolute Gasteiger partial charge is 0.325 e. The maximum atomic E-state index is 12.1. The molecule has 1 aromatic carbocycles. The summed E-state index contributed by atoms with van der Waals surface area (Å²) in [7, 11) is -1.12. The van der Waals surface area contributed by atoms with Gasteiger partial charge >= 0.3 is 0 Å². The predicted octanol–water partition coefficient (Wildman–Crippen LogP) is 1.87. The highest BCUT2D eigenvalue weighted by atomic mass is 32.2. The van der Waals surface area contributed by atoms with Crippen molar-refractivity contribution in [2.24, 2.45) is 0 Å². The second kappa shape index (κ2) is 6.79. The van der Waals surface area contributed by atoms with Crippen LogP contribution in [0.2, 0.25) is 0 Å². The quantitative estimate of drug-likeness (QED) is 0.898. The molecule has 22 heavy (non-hydrogen) atoms. The summed E-state index contributed by atoms with van der Waals surface area (Å²) in [4.78, 5) is 13.9. The summed E-state index contributed by atoms with van der Waals surface area (Å²) >= 11 is 0. The van der Waals surface area contributed by atoms with Crippen LogP contribution in [0.4, 0.5) is 5.69 Å². The van der Waals surface area contributed by atoms with Crippen molar-refractivity contribution in [3.63, 3.8) is 0 Å². The molecule has 1 fully saturated rings. The van der Waals surface area contributed by atoms with E-state index in [1.165, 1.54) is 5.56 Å². The van der Waals surface area contributed by atoms with Gasteiger partial charge in [-0.05, 0) is 37.1 Å². The highest BCUT2D eigenvalue weighted by Crippen LogP contribution is 2.18. The number of sulfone groups is 1. The molecule has 1 saturated heterocycles. The lowest BCUT2D eigenvalue weighted by Crippen LogP contribution is -2.38. The predicted molar refractivity (Wildman–Crippen MR) is 88.8 cm³/mol. The Morgan fingerprint density at radius 1 is 1.32 bits per heavy atom. The first-order valence-corrected chi connectivity index (χ1v) is 9.39. The van der Waals surface area contributed by atoms with Crippen LogP contribution in [0.3, 0.4) is 0 Å². The van der Waals surface area contributed by atoms with Gasteiger partial charge in [-0.25, -0.2) is 8.42 Å². The summed E-state index contributed by atoms with van der Waals surface area (Å²) in [6.07, 6.45) is 0.606. The van der Waals surface area contributed by atoms with Crippen molar-refractivity contribution < 1.29 is 13.2 Å². The molecule has 0 aliphatic carbocycles. The smallest absolute Gasteiger partial charge is 0.238 e. The number of hydrogen-bond donors (Lipinski definition) is 1. The third-order valence-electron chi connectivity index (χ3n) is 4.09. The van der Waals surface area contributed by atoms with Crippen LogP contribution in [0.1, 0.15) is 31.7 Å². The van der Waals surface area contributed by atoms with Gasteiger partial charge in [-0.3, -0.25) is 9.69 Å². The molecule has 2 rings (SSSR count). The van der Waals surface area contributed by atoms with E-state index in [-0.39, 0.29) is 30.0 Å². The molecule has 6 heteroatoms. The summed E-state index contributed by atoms with van der Waals surface area (Å²) in [6.45, 7) is 4.45. The Hall–Kier alpha value is -1.40. The Balaban J connectivity index is 1.87. The van der Waals surface area contributed by atoms with Crippen LogP contribution in [0, 0.1) is 0 Å². The Bertz CT molecular complexity index is 623. The lowest BCUT2D eigenvalue weighted by molar-refractivity contribution is -0.117. The summed E-state index contributed by atoms with van der Waals surface area (Å²) in [6, 6.07) is 7.75. The minimum atomic E-state index is -2.92. The van der Waals surface area contributed by atoms with E-state index in [4.69, 9.17) is 0 Å². The van der Waals surface area contributed by atoms with Gasteiger partial charge in [0.2, 0.25) is 5.91 Å². The van der Waals surface area contributed by atoms with E-state index >= 15 is 0 Å². The van der Waals surface area contributed by atoms with Crippen LogP contribution in [-0.2, 0) is 14.6 Å². The van der Waals surface area contributed by atoms with Gasteiger partial charge in [0, 0.05) is 11.7 Å². The first-order valence-electron chi connectivity index (χ1n) is 7.57. The van der Waals surface area contributed by atoms with E-state index in [0.717, 1.165) is 5.69 Å². The molecule has 1 unspecified atom stereocenters. The van der Waals surface area contributed by atoms with Gasteiger partial charge in [0.25, 0.3) is 0 Å². The number of carbonyl (C=O) groups is 1. The molecule has 122 valence electrons. The third-order valence-corrected chi connectivity index (χ3v) is 5.84. The van der Waals surface area contributed by atoms with Crippen LogP contribution < -0.4 is 5.32 Å². The van der Waals surface area contributed by atoms with Crippen molar-refractivity contribution in [2.75, 3.05) is 30.4 Å². The third kappa shape index (κ3) is 4.55. The number of amides is 1. The molecular formula is C16H24N2O3S. The molecule has 5 nitrogen and oxygen atoms in total. The van der Waals surface area contributed by atoms with Gasteiger partial charge in [-0.2, -0.15) is 0 Å². The number of likely N-dealkylation sites (N-methyl/N-ethyl adjacent to an activating group) is 1. The molecule has 1 aliphatic rings. The molecule has 1 N–H and O–H groups in total. The Kier molecular flexibility index (Phi) is 5.24. The monoisotopic (exact) mass is 324 g/mol. The van der Waals surface area contributed by atoms with Gasteiger partial charge in [-0.1, -0.05) is 26.0 Å². The van der Waals surface area contributed by atoms with Gasteiger partial charge in [0.15, 0.2) is 9.84 Å². The number of nitrogens with zero attached hydrogens (tertiary/aromatic N) is 1. The fourth-order valence-electron chi connectivity index (χ4n) is 2.63. The molecule has 0 radical (unpaired) electrons. The molecule has 0 bridgehead atoms. The van der Waals surface area contributed by atoms with E-state index in [1.807, 2.05) is 29.2 Å². The van der Waals surface area contributed by atoms with Crippen molar-refractivity contribution in [2.45, 2.75) is 32.2 Å². The van der Waals surface area contributed by atoms with Crippen LogP contribution in [0.5, 0.6) is 0 Å². The molecule has 0 spiro atoms. The zero-order valence-corrected chi connectivity index (χ0v) is 14.2. The fourth-order valence-corrected chi connectivity index (χ4v) is 4.44. The minimum absolute atomic E-state index is 0.0564. The number of hydrogen-bond acceptors (Lipinski definition) is 4. The maximum absolute atomic E-state index is 12.1. The molecule has 0 saturated carbocycles. The molecule has 1 aromatic rings. The van der Waals surface area contributed by atoms with E-state index < -0.39 is 9.84 Å².